The fourth-order valence-corrected chi connectivity index (χ4v) is 3.85. The fraction of sp³-hybridized carbons (Fsp3) is 0.308. The number of hydrogen-bond donors (Lipinski definition) is 2. The highest BCUT2D eigenvalue weighted by atomic mass is 32.2. The van der Waals surface area contributed by atoms with E-state index >= 15 is 0 Å². The second-order valence-corrected chi connectivity index (χ2v) is 5.47. The van der Waals surface area contributed by atoms with E-state index in [2.05, 4.69) is 29.7 Å². The van der Waals surface area contributed by atoms with Crippen molar-refractivity contribution in [2.45, 2.75) is 12.3 Å². The van der Waals surface area contributed by atoms with Crippen LogP contribution in [0.25, 0.3) is 4.91 Å². The quantitative estimate of drug-likeness (QED) is 0.793. The molecule has 3 nitrogen and oxygen atoms in total. The Bertz CT molecular complexity index is 483. The summed E-state index contributed by atoms with van der Waals surface area (Å²) in [4.78, 5) is 13.1. The van der Waals surface area contributed by atoms with Crippen molar-refractivity contribution >= 4 is 22.6 Å². The predicted molar refractivity (Wildman–Crippen MR) is 70.1 cm³/mol. The molecule has 88 valence electrons. The van der Waals surface area contributed by atoms with Crippen molar-refractivity contribution in [1.29, 1.82) is 0 Å². The van der Waals surface area contributed by atoms with Crippen molar-refractivity contribution in [1.82, 2.24) is 10.6 Å². The third-order valence-electron chi connectivity index (χ3n) is 3.26. The second-order valence-electron chi connectivity index (χ2n) is 4.32. The van der Waals surface area contributed by atoms with Crippen LogP contribution >= 0.6 is 11.8 Å². The van der Waals surface area contributed by atoms with Crippen molar-refractivity contribution in [2.24, 2.45) is 5.92 Å². The van der Waals surface area contributed by atoms with Crippen LogP contribution in [0.15, 0.2) is 35.9 Å². The smallest absolute Gasteiger partial charge is 0.230 e. The summed E-state index contributed by atoms with van der Waals surface area (Å²) in [5.41, 5.74) is 2.38. The lowest BCUT2D eigenvalue weighted by Crippen LogP contribution is -2.52. The zero-order chi connectivity index (χ0) is 11.8. The van der Waals surface area contributed by atoms with Gasteiger partial charge < -0.3 is 5.32 Å². The molecule has 2 aliphatic heterocycles. The predicted octanol–water partition coefficient (Wildman–Crippen LogP) is 1.78. The highest BCUT2D eigenvalue weighted by Crippen LogP contribution is 2.46. The molecule has 1 amide bonds. The van der Waals surface area contributed by atoms with Crippen molar-refractivity contribution < 1.29 is 4.79 Å². The normalized spacial score (nSPS) is 27.9. The molecule has 2 heterocycles. The molecular formula is C13H14N2OS. The average Bonchev–Trinajstić information content (AvgIpc) is 2.69. The van der Waals surface area contributed by atoms with E-state index in [9.17, 15) is 4.79 Å². The molecule has 2 aliphatic rings. The van der Waals surface area contributed by atoms with Crippen LogP contribution in [0.1, 0.15) is 12.5 Å². The maximum Gasteiger partial charge on any atom is 0.230 e. The van der Waals surface area contributed by atoms with Gasteiger partial charge in [0, 0.05) is 4.91 Å². The third-order valence-corrected chi connectivity index (χ3v) is 4.74. The molecule has 17 heavy (non-hydrogen) atoms. The number of fused-ring (bicyclic) bond motifs is 1. The van der Waals surface area contributed by atoms with Gasteiger partial charge in [-0.3, -0.25) is 10.1 Å². The second kappa shape index (κ2) is 4.20. The van der Waals surface area contributed by atoms with E-state index in [1.54, 1.807) is 11.8 Å². The van der Waals surface area contributed by atoms with E-state index in [4.69, 9.17) is 0 Å². The molecule has 1 aromatic rings. The van der Waals surface area contributed by atoms with Crippen LogP contribution < -0.4 is 10.6 Å². The Labute approximate surface area is 105 Å². The molecule has 3 rings (SSSR count). The van der Waals surface area contributed by atoms with E-state index in [-0.39, 0.29) is 17.2 Å². The van der Waals surface area contributed by atoms with Gasteiger partial charge in [0.15, 0.2) is 0 Å². The lowest BCUT2D eigenvalue weighted by Gasteiger charge is -2.26. The third kappa shape index (κ3) is 1.77. The average molecular weight is 246 g/mol. The van der Waals surface area contributed by atoms with E-state index in [1.165, 1.54) is 16.0 Å². The van der Waals surface area contributed by atoms with Gasteiger partial charge in [-0.1, -0.05) is 30.3 Å². The van der Waals surface area contributed by atoms with Gasteiger partial charge in [-0.05, 0) is 18.1 Å². The molecule has 1 aromatic carbocycles. The Balaban J connectivity index is 1.99. The molecule has 1 fully saturated rings. The van der Waals surface area contributed by atoms with Crippen molar-refractivity contribution in [3.05, 3.63) is 41.5 Å². The number of benzene rings is 1. The standard InChI is InChI=1S/C13H14N2OS/c1-8-10-12(16)14-7-15-13(10)17-11(8)9-5-3-2-4-6-9/h2-6,10,13,15H,7H2,1H3,(H,14,16). The summed E-state index contributed by atoms with van der Waals surface area (Å²) in [5, 5.41) is 6.38. The Morgan fingerprint density at radius 2 is 2.06 bits per heavy atom. The van der Waals surface area contributed by atoms with E-state index in [0.29, 0.717) is 6.67 Å². The van der Waals surface area contributed by atoms with E-state index in [1.807, 2.05) is 18.2 Å². The Kier molecular flexibility index (Phi) is 2.68. The van der Waals surface area contributed by atoms with Crippen molar-refractivity contribution in [3.8, 4) is 0 Å². The maximum absolute atomic E-state index is 11.9. The van der Waals surface area contributed by atoms with Crippen LogP contribution in [0, 0.1) is 5.92 Å². The molecule has 0 radical (unpaired) electrons. The number of carbonyl (C=O) groups is 1. The SMILES string of the molecule is CC1=C(c2ccccc2)SC2NCNC(=O)C12. The summed E-state index contributed by atoms with van der Waals surface area (Å²) >= 11 is 1.77. The highest BCUT2D eigenvalue weighted by Gasteiger charge is 2.40. The highest BCUT2D eigenvalue weighted by molar-refractivity contribution is 8.09. The first-order valence-corrected chi connectivity index (χ1v) is 6.59. The monoisotopic (exact) mass is 246 g/mol. The summed E-state index contributed by atoms with van der Waals surface area (Å²) in [6, 6.07) is 10.3. The van der Waals surface area contributed by atoms with Gasteiger partial charge in [0.25, 0.3) is 0 Å². The number of rotatable bonds is 1. The summed E-state index contributed by atoms with van der Waals surface area (Å²) in [5.74, 6) is 0.119. The molecule has 2 N–H and O–H groups in total. The van der Waals surface area contributed by atoms with Crippen LogP contribution in [0.3, 0.4) is 0 Å². The van der Waals surface area contributed by atoms with Crippen LogP contribution in [-0.4, -0.2) is 17.9 Å². The van der Waals surface area contributed by atoms with Crippen LogP contribution in [0.4, 0.5) is 0 Å². The van der Waals surface area contributed by atoms with Gasteiger partial charge >= 0.3 is 0 Å². The van der Waals surface area contributed by atoms with Crippen LogP contribution in [0.5, 0.6) is 0 Å². The maximum atomic E-state index is 11.9. The van der Waals surface area contributed by atoms with Gasteiger partial charge in [0.05, 0.1) is 18.0 Å². The number of carbonyl (C=O) groups excluding carboxylic acids is 1. The largest absolute Gasteiger partial charge is 0.343 e. The number of amides is 1. The molecule has 0 spiro atoms. The summed E-state index contributed by atoms with van der Waals surface area (Å²) in [7, 11) is 0. The zero-order valence-electron chi connectivity index (χ0n) is 9.57. The van der Waals surface area contributed by atoms with Crippen LogP contribution in [-0.2, 0) is 4.79 Å². The Morgan fingerprint density at radius 1 is 1.29 bits per heavy atom. The Morgan fingerprint density at radius 3 is 2.76 bits per heavy atom. The summed E-state index contributed by atoms with van der Waals surface area (Å²) in [6.07, 6.45) is 0. The van der Waals surface area contributed by atoms with Gasteiger partial charge in [-0.25, -0.2) is 0 Å². The Hall–Kier alpha value is -1.26. The molecule has 0 aliphatic carbocycles. The minimum Gasteiger partial charge on any atom is -0.343 e. The lowest BCUT2D eigenvalue weighted by atomic mass is 9.96. The van der Waals surface area contributed by atoms with Crippen molar-refractivity contribution in [3.63, 3.8) is 0 Å². The molecule has 1 saturated heterocycles. The number of hydrogen-bond acceptors (Lipinski definition) is 3. The minimum absolute atomic E-state index is 0.0241. The zero-order valence-corrected chi connectivity index (χ0v) is 10.4. The molecular weight excluding hydrogens is 232 g/mol. The van der Waals surface area contributed by atoms with E-state index in [0.717, 1.165) is 0 Å². The topological polar surface area (TPSA) is 41.1 Å². The molecule has 2 atom stereocenters. The van der Waals surface area contributed by atoms with Gasteiger partial charge in [-0.15, -0.1) is 11.8 Å². The lowest BCUT2D eigenvalue weighted by molar-refractivity contribution is -0.125. The van der Waals surface area contributed by atoms with Gasteiger partial charge in [0.2, 0.25) is 5.91 Å². The first-order valence-electron chi connectivity index (χ1n) is 5.71. The molecule has 0 aromatic heterocycles. The van der Waals surface area contributed by atoms with Crippen LogP contribution in [0.2, 0.25) is 0 Å². The number of thioether (sulfide) groups is 1. The first kappa shape index (κ1) is 10.9. The number of nitrogens with one attached hydrogen (secondary N) is 2. The fourth-order valence-electron chi connectivity index (χ4n) is 2.38. The first-order chi connectivity index (χ1) is 8.27. The van der Waals surface area contributed by atoms with Gasteiger partial charge in [-0.2, -0.15) is 0 Å². The molecule has 2 unspecified atom stereocenters. The van der Waals surface area contributed by atoms with Crippen molar-refractivity contribution in [2.75, 3.05) is 6.67 Å². The molecule has 0 bridgehead atoms. The summed E-state index contributed by atoms with van der Waals surface area (Å²) < 4.78 is 0. The molecule has 0 saturated carbocycles. The summed E-state index contributed by atoms with van der Waals surface area (Å²) in [6.45, 7) is 2.63. The minimum atomic E-state index is -0.0241. The van der Waals surface area contributed by atoms with E-state index < -0.39 is 0 Å². The molecule has 4 heteroatoms. The van der Waals surface area contributed by atoms with Gasteiger partial charge in [0.1, 0.15) is 0 Å².